The number of ether oxygens (including phenoxy) is 6. The zero-order valence-corrected chi connectivity index (χ0v) is 34.4. The lowest BCUT2D eigenvalue weighted by atomic mass is 9.90. The van der Waals surface area contributed by atoms with Crippen LogP contribution in [0.15, 0.2) is 42.0 Å². The number of cyclic esters (lactones) is 1. The van der Waals surface area contributed by atoms with Gasteiger partial charge in [0.25, 0.3) is 0 Å². The summed E-state index contributed by atoms with van der Waals surface area (Å²) in [6.45, 7) is 8.97. The Morgan fingerprint density at radius 3 is 2.31 bits per heavy atom. The van der Waals surface area contributed by atoms with Gasteiger partial charge >= 0.3 is 23.9 Å². The smallest absolute Gasteiger partial charge is 0.348 e. The molecule has 0 spiro atoms. The summed E-state index contributed by atoms with van der Waals surface area (Å²) in [5.41, 5.74) is -0.0860. The van der Waals surface area contributed by atoms with Crippen molar-refractivity contribution in [3.63, 3.8) is 0 Å². The van der Waals surface area contributed by atoms with Crippen LogP contribution in [0.25, 0.3) is 6.08 Å². The third kappa shape index (κ3) is 9.73. The highest BCUT2D eigenvalue weighted by Gasteiger charge is 2.64. The fraction of sp³-hybridized carbons (Fsp3) is 0.636. The van der Waals surface area contributed by atoms with Crippen molar-refractivity contribution in [2.75, 3.05) is 19.8 Å². The number of hydrogen-bond donors (Lipinski definition) is 2. The third-order valence-electron chi connectivity index (χ3n) is 11.7. The van der Waals surface area contributed by atoms with E-state index in [9.17, 15) is 33.9 Å². The van der Waals surface area contributed by atoms with Crippen LogP contribution in [-0.4, -0.2) is 113 Å². The van der Waals surface area contributed by atoms with Crippen molar-refractivity contribution >= 4 is 41.8 Å². The van der Waals surface area contributed by atoms with E-state index in [0.717, 1.165) is 25.7 Å². The number of amides is 2. The second-order valence-electron chi connectivity index (χ2n) is 18.3. The Labute approximate surface area is 344 Å². The van der Waals surface area contributed by atoms with Crippen LogP contribution in [0.1, 0.15) is 108 Å². The van der Waals surface area contributed by atoms with E-state index in [4.69, 9.17) is 28.4 Å². The Hall–Kier alpha value is -4.60. The van der Waals surface area contributed by atoms with E-state index in [1.54, 1.807) is 65.0 Å². The first-order valence-electron chi connectivity index (χ1n) is 20.8. The summed E-state index contributed by atoms with van der Waals surface area (Å²) >= 11 is 0. The predicted octanol–water partition coefficient (Wildman–Crippen LogP) is 3.94. The van der Waals surface area contributed by atoms with Crippen molar-refractivity contribution in [3.8, 4) is 0 Å². The van der Waals surface area contributed by atoms with Crippen molar-refractivity contribution < 1.29 is 62.3 Å². The van der Waals surface area contributed by atoms with Crippen molar-refractivity contribution in [1.82, 2.24) is 10.2 Å². The number of esters is 4. The first-order valence-corrected chi connectivity index (χ1v) is 20.8. The second-order valence-corrected chi connectivity index (χ2v) is 18.3. The van der Waals surface area contributed by atoms with Crippen LogP contribution in [-0.2, 0) is 52.4 Å². The molecular formula is C44H56N2O13. The van der Waals surface area contributed by atoms with Gasteiger partial charge in [0.1, 0.15) is 36.6 Å². The molecule has 320 valence electrons. The van der Waals surface area contributed by atoms with E-state index in [1.165, 1.54) is 17.1 Å². The molecule has 59 heavy (non-hydrogen) atoms. The summed E-state index contributed by atoms with van der Waals surface area (Å²) in [5, 5.41) is 12.8. The molecule has 1 aromatic rings. The van der Waals surface area contributed by atoms with E-state index >= 15 is 0 Å². The van der Waals surface area contributed by atoms with Crippen LogP contribution in [0.4, 0.5) is 0 Å². The van der Waals surface area contributed by atoms with Gasteiger partial charge in [-0.2, -0.15) is 0 Å². The molecular weight excluding hydrogens is 764 g/mol. The van der Waals surface area contributed by atoms with Crippen LogP contribution in [0.5, 0.6) is 0 Å². The molecule has 6 aliphatic rings. The van der Waals surface area contributed by atoms with Gasteiger partial charge < -0.3 is 43.7 Å². The number of rotatable bonds is 14. The topological polar surface area (TPSA) is 193 Å². The van der Waals surface area contributed by atoms with Crippen molar-refractivity contribution in [1.29, 1.82) is 0 Å². The number of nitrogens with zero attached hydrogens (tertiary/aromatic N) is 1. The van der Waals surface area contributed by atoms with Crippen LogP contribution in [0.2, 0.25) is 0 Å². The van der Waals surface area contributed by atoms with Crippen molar-refractivity contribution in [2.45, 2.75) is 140 Å². The highest BCUT2D eigenvalue weighted by atomic mass is 16.8. The quantitative estimate of drug-likeness (QED) is 0.156. The number of fused-ring (bicyclic) bond motifs is 1. The molecule has 2 amide bonds. The Morgan fingerprint density at radius 2 is 1.69 bits per heavy atom. The minimum atomic E-state index is -1.00. The summed E-state index contributed by atoms with van der Waals surface area (Å²) in [6.07, 6.45) is 6.47. The second kappa shape index (κ2) is 16.8. The number of nitrogens with one attached hydrogen (secondary N) is 1. The van der Waals surface area contributed by atoms with Crippen LogP contribution in [0, 0.1) is 17.3 Å². The minimum absolute atomic E-state index is 0.00811. The fourth-order valence-electron chi connectivity index (χ4n) is 8.41. The number of benzene rings is 1. The Morgan fingerprint density at radius 1 is 1.00 bits per heavy atom. The lowest BCUT2D eigenvalue weighted by Gasteiger charge is -2.33. The summed E-state index contributed by atoms with van der Waals surface area (Å²) in [4.78, 5) is 79.9. The molecule has 3 aliphatic heterocycles. The highest BCUT2D eigenvalue weighted by molar-refractivity contribution is 5.98. The molecule has 0 aromatic heterocycles. The third-order valence-corrected chi connectivity index (χ3v) is 11.7. The van der Waals surface area contributed by atoms with E-state index in [1.807, 2.05) is 0 Å². The van der Waals surface area contributed by atoms with Crippen LogP contribution < -0.4 is 5.32 Å². The lowest BCUT2D eigenvalue weighted by molar-refractivity contribution is -0.209. The number of carbonyl (C=O) groups excluding carboxylic acids is 6. The number of carbonyl (C=O) groups is 6. The van der Waals surface area contributed by atoms with Gasteiger partial charge in [-0.15, -0.1) is 0 Å². The molecule has 5 fully saturated rings. The molecule has 0 radical (unpaired) electrons. The van der Waals surface area contributed by atoms with Crippen molar-refractivity contribution in [3.05, 3.63) is 53.1 Å². The molecule has 6 atom stereocenters. The minimum Gasteiger partial charge on any atom is -0.462 e. The predicted molar refractivity (Wildman–Crippen MR) is 209 cm³/mol. The van der Waals surface area contributed by atoms with Gasteiger partial charge in [-0.1, -0.05) is 26.0 Å². The fourth-order valence-corrected chi connectivity index (χ4v) is 8.41. The van der Waals surface area contributed by atoms with Gasteiger partial charge in [-0.25, -0.2) is 14.4 Å². The number of likely N-dealkylation sites (tertiary alicyclic amines) is 1. The van der Waals surface area contributed by atoms with Crippen LogP contribution >= 0.6 is 0 Å². The summed E-state index contributed by atoms with van der Waals surface area (Å²) in [5.74, 6) is -3.48. The lowest BCUT2D eigenvalue weighted by Crippen LogP contribution is -2.51. The van der Waals surface area contributed by atoms with Crippen molar-refractivity contribution in [2.24, 2.45) is 17.3 Å². The maximum absolute atomic E-state index is 14.3. The van der Waals surface area contributed by atoms with Gasteiger partial charge in [0.2, 0.25) is 17.9 Å². The molecule has 15 nitrogen and oxygen atoms in total. The molecule has 1 aromatic carbocycles. The number of aliphatic hydroxyl groups is 1. The molecule has 3 heterocycles. The Bertz CT molecular complexity index is 1860. The normalized spacial score (nSPS) is 27.7. The van der Waals surface area contributed by atoms with Gasteiger partial charge in [0, 0.05) is 48.3 Å². The molecule has 3 saturated heterocycles. The molecule has 2 saturated carbocycles. The van der Waals surface area contributed by atoms with Gasteiger partial charge in [-0.3, -0.25) is 14.4 Å². The first-order chi connectivity index (χ1) is 28.0. The first kappa shape index (κ1) is 42.5. The Kier molecular flexibility index (Phi) is 12.1. The van der Waals surface area contributed by atoms with E-state index in [0.29, 0.717) is 30.5 Å². The van der Waals surface area contributed by atoms with E-state index in [2.05, 4.69) is 5.32 Å². The molecule has 7 rings (SSSR count). The maximum atomic E-state index is 14.3. The average Bonchev–Trinajstić information content (AvgIpc) is 4.12. The van der Waals surface area contributed by atoms with E-state index < -0.39 is 83.1 Å². The zero-order chi connectivity index (χ0) is 42.3. The standard InChI is InChI=1S/C44H56N2O13/c1-42(2,3)58-35(49)19-17-30(23-47)45-38(50)31-7-6-20-46(31)39(51)27-21-32(36-33(22-27)57-44(59-36,28-13-14-28)29-15-16-29)55-40(52)26-11-8-25(9-12-26)10-18-34(48)56-37-41(53)54-24-43(37,4)5/h8-12,18,22,28-33,36-37,47H,6-7,13-17,19-21,23-24H2,1-5H3,(H,45,50). The summed E-state index contributed by atoms with van der Waals surface area (Å²) < 4.78 is 35.4. The maximum Gasteiger partial charge on any atom is 0.348 e. The van der Waals surface area contributed by atoms with Crippen LogP contribution in [0.3, 0.4) is 0 Å². The molecule has 6 unspecified atom stereocenters. The largest absolute Gasteiger partial charge is 0.462 e. The average molecular weight is 821 g/mol. The summed E-state index contributed by atoms with van der Waals surface area (Å²) in [6, 6.07) is 4.92. The Balaban J connectivity index is 1.02. The molecule has 0 bridgehead atoms. The van der Waals surface area contributed by atoms with E-state index in [-0.39, 0.29) is 55.8 Å². The molecule has 3 aliphatic carbocycles. The summed E-state index contributed by atoms with van der Waals surface area (Å²) in [7, 11) is 0. The monoisotopic (exact) mass is 820 g/mol. The molecule has 2 N–H and O–H groups in total. The van der Waals surface area contributed by atoms with Gasteiger partial charge in [0.15, 0.2) is 5.79 Å². The van der Waals surface area contributed by atoms with Gasteiger partial charge in [0.05, 0.1) is 18.2 Å². The number of aliphatic hydroxyl groups excluding tert-OH is 1. The van der Waals surface area contributed by atoms with Gasteiger partial charge in [-0.05, 0) is 95.6 Å². The number of hydrogen-bond acceptors (Lipinski definition) is 13. The SMILES string of the molecule is CC(C)(C)OC(=O)CCC(CO)NC(=O)C1CCCN1C(=O)C1=CC2OC(C3CC3)(C3CC3)OC2C(OC(=O)c2ccc(C=CC(=O)OC3C(=O)OCC3(C)C)cc2)C1. The molecule has 15 heteroatoms. The highest BCUT2D eigenvalue weighted by Crippen LogP contribution is 2.59. The zero-order valence-electron chi connectivity index (χ0n) is 34.4.